The van der Waals surface area contributed by atoms with Crippen LogP contribution in [0.1, 0.15) is 52.9 Å². The molecule has 1 fully saturated rings. The zero-order valence-corrected chi connectivity index (χ0v) is 16.6. The molecular formula is C19H40N4O2. The number of aliphatic hydroxyl groups is 1. The summed E-state index contributed by atoms with van der Waals surface area (Å²) in [5.74, 6) is 0.879. The minimum atomic E-state index is 0.0101. The fourth-order valence-electron chi connectivity index (χ4n) is 3.35. The third-order valence-electron chi connectivity index (χ3n) is 4.77. The van der Waals surface area contributed by atoms with Crippen molar-refractivity contribution >= 4 is 5.96 Å². The summed E-state index contributed by atoms with van der Waals surface area (Å²) in [5.41, 5.74) is 0.0101. The quantitative estimate of drug-likeness (QED) is 0.267. The van der Waals surface area contributed by atoms with Crippen LogP contribution in [-0.4, -0.2) is 75.1 Å². The van der Waals surface area contributed by atoms with E-state index in [9.17, 15) is 5.11 Å². The predicted octanol–water partition coefficient (Wildman–Crippen LogP) is 1.84. The monoisotopic (exact) mass is 356 g/mol. The van der Waals surface area contributed by atoms with Crippen LogP contribution in [0.4, 0.5) is 0 Å². The van der Waals surface area contributed by atoms with Crippen molar-refractivity contribution in [3.05, 3.63) is 0 Å². The van der Waals surface area contributed by atoms with Gasteiger partial charge in [0.15, 0.2) is 5.96 Å². The fourth-order valence-corrected chi connectivity index (χ4v) is 3.35. The molecule has 1 atom stereocenters. The Morgan fingerprint density at radius 1 is 1.16 bits per heavy atom. The van der Waals surface area contributed by atoms with E-state index in [1.54, 1.807) is 0 Å². The van der Waals surface area contributed by atoms with Gasteiger partial charge in [0.05, 0.1) is 13.2 Å². The molecular weight excluding hydrogens is 316 g/mol. The average molecular weight is 357 g/mol. The van der Waals surface area contributed by atoms with Crippen molar-refractivity contribution in [3.8, 4) is 0 Å². The first kappa shape index (κ1) is 22.2. The molecule has 6 heteroatoms. The van der Waals surface area contributed by atoms with Gasteiger partial charge in [-0.2, -0.15) is 0 Å². The van der Waals surface area contributed by atoms with Gasteiger partial charge in [0.25, 0.3) is 0 Å². The Kier molecular flexibility index (Phi) is 11.9. The maximum Gasteiger partial charge on any atom is 0.191 e. The zero-order valence-electron chi connectivity index (χ0n) is 16.6. The van der Waals surface area contributed by atoms with E-state index in [0.717, 1.165) is 51.5 Å². The van der Waals surface area contributed by atoms with E-state index in [4.69, 9.17) is 9.73 Å². The Labute approximate surface area is 154 Å². The van der Waals surface area contributed by atoms with Crippen LogP contribution in [0.3, 0.4) is 0 Å². The number of nitrogens with zero attached hydrogens (tertiary/aromatic N) is 2. The second-order valence-corrected chi connectivity index (χ2v) is 7.09. The number of guanidine groups is 1. The van der Waals surface area contributed by atoms with E-state index in [1.165, 1.54) is 25.9 Å². The molecule has 25 heavy (non-hydrogen) atoms. The molecule has 1 unspecified atom stereocenters. The number of ether oxygens (including phenoxy) is 1. The molecule has 1 rings (SSSR count). The first-order valence-corrected chi connectivity index (χ1v) is 10.1. The first-order valence-electron chi connectivity index (χ1n) is 10.1. The highest BCUT2D eigenvalue weighted by molar-refractivity contribution is 5.79. The average Bonchev–Trinajstić information content (AvgIpc) is 3.06. The van der Waals surface area contributed by atoms with Crippen molar-refractivity contribution in [2.45, 2.75) is 52.9 Å². The van der Waals surface area contributed by atoms with Crippen molar-refractivity contribution < 1.29 is 9.84 Å². The third-order valence-corrected chi connectivity index (χ3v) is 4.77. The molecule has 0 aliphatic carbocycles. The molecule has 0 radical (unpaired) electrons. The standard InChI is InChI=1S/C19H40N4O2/c1-4-11-23(12-5-2)13-7-10-21-18(20-6-3)22-16-19(8-14-24)9-15-25-17-19/h24H,4-17H2,1-3H3,(H2,20,21,22). The highest BCUT2D eigenvalue weighted by atomic mass is 16.5. The van der Waals surface area contributed by atoms with Crippen molar-refractivity contribution in [1.82, 2.24) is 15.5 Å². The molecule has 0 bridgehead atoms. The van der Waals surface area contributed by atoms with Gasteiger partial charge in [0, 0.05) is 31.7 Å². The SMILES string of the molecule is CCCN(CCC)CCCNC(=NCC1(CCO)CCOC1)NCC. The lowest BCUT2D eigenvalue weighted by atomic mass is 9.84. The Balaban J connectivity index is 2.42. The molecule has 0 aromatic heterocycles. The van der Waals surface area contributed by atoms with E-state index in [0.29, 0.717) is 13.2 Å². The fraction of sp³-hybridized carbons (Fsp3) is 0.947. The molecule has 0 aromatic rings. The number of hydrogen-bond donors (Lipinski definition) is 3. The summed E-state index contributed by atoms with van der Waals surface area (Å²) in [6.45, 7) is 14.3. The van der Waals surface area contributed by atoms with Crippen LogP contribution < -0.4 is 10.6 Å². The highest BCUT2D eigenvalue weighted by Crippen LogP contribution is 2.32. The summed E-state index contributed by atoms with van der Waals surface area (Å²) >= 11 is 0. The summed E-state index contributed by atoms with van der Waals surface area (Å²) in [6.07, 6.45) is 5.30. The van der Waals surface area contributed by atoms with E-state index in [1.807, 2.05) is 0 Å². The Morgan fingerprint density at radius 3 is 2.48 bits per heavy atom. The second-order valence-electron chi connectivity index (χ2n) is 7.09. The van der Waals surface area contributed by atoms with Crippen LogP contribution in [0.5, 0.6) is 0 Å². The van der Waals surface area contributed by atoms with Gasteiger partial charge in [-0.15, -0.1) is 0 Å². The van der Waals surface area contributed by atoms with Crippen molar-refractivity contribution in [2.75, 3.05) is 59.1 Å². The van der Waals surface area contributed by atoms with Crippen molar-refractivity contribution in [1.29, 1.82) is 0 Å². The maximum atomic E-state index is 9.33. The van der Waals surface area contributed by atoms with Gasteiger partial charge in [0.1, 0.15) is 0 Å². The summed E-state index contributed by atoms with van der Waals surface area (Å²) in [4.78, 5) is 7.30. The summed E-state index contributed by atoms with van der Waals surface area (Å²) in [7, 11) is 0. The smallest absolute Gasteiger partial charge is 0.191 e. The predicted molar refractivity (Wildman–Crippen MR) is 105 cm³/mol. The van der Waals surface area contributed by atoms with Crippen LogP contribution in [-0.2, 0) is 4.74 Å². The molecule has 1 aliphatic heterocycles. The topological polar surface area (TPSA) is 69.1 Å². The van der Waals surface area contributed by atoms with Gasteiger partial charge in [0.2, 0.25) is 0 Å². The van der Waals surface area contributed by atoms with E-state index < -0.39 is 0 Å². The number of nitrogens with one attached hydrogen (secondary N) is 2. The van der Waals surface area contributed by atoms with Gasteiger partial charge >= 0.3 is 0 Å². The largest absolute Gasteiger partial charge is 0.396 e. The van der Waals surface area contributed by atoms with Crippen molar-refractivity contribution in [3.63, 3.8) is 0 Å². The molecule has 148 valence electrons. The maximum absolute atomic E-state index is 9.33. The molecule has 1 aliphatic rings. The summed E-state index contributed by atoms with van der Waals surface area (Å²) < 4.78 is 5.55. The summed E-state index contributed by atoms with van der Waals surface area (Å²) in [5, 5.41) is 16.1. The first-order chi connectivity index (χ1) is 12.2. The lowest BCUT2D eigenvalue weighted by molar-refractivity contribution is 0.131. The lowest BCUT2D eigenvalue weighted by Crippen LogP contribution is -2.40. The minimum Gasteiger partial charge on any atom is -0.396 e. The van der Waals surface area contributed by atoms with E-state index >= 15 is 0 Å². The van der Waals surface area contributed by atoms with Gasteiger partial charge < -0.3 is 25.4 Å². The second kappa shape index (κ2) is 13.4. The Bertz CT molecular complexity index is 351. The lowest BCUT2D eigenvalue weighted by Gasteiger charge is -2.25. The highest BCUT2D eigenvalue weighted by Gasteiger charge is 2.34. The summed E-state index contributed by atoms with van der Waals surface area (Å²) in [6, 6.07) is 0. The van der Waals surface area contributed by atoms with Crippen LogP contribution in [0, 0.1) is 5.41 Å². The number of aliphatic imine (C=N–C) groups is 1. The van der Waals surface area contributed by atoms with Crippen LogP contribution in [0.25, 0.3) is 0 Å². The van der Waals surface area contributed by atoms with Gasteiger partial charge in [-0.1, -0.05) is 13.8 Å². The van der Waals surface area contributed by atoms with Gasteiger partial charge in [-0.3, -0.25) is 4.99 Å². The van der Waals surface area contributed by atoms with Gasteiger partial charge in [-0.05, 0) is 58.7 Å². The van der Waals surface area contributed by atoms with Crippen LogP contribution >= 0.6 is 0 Å². The Hall–Kier alpha value is -0.850. The molecule has 1 saturated heterocycles. The van der Waals surface area contributed by atoms with E-state index in [2.05, 4.69) is 36.3 Å². The normalized spacial score (nSPS) is 21.1. The van der Waals surface area contributed by atoms with E-state index in [-0.39, 0.29) is 12.0 Å². The molecule has 1 heterocycles. The Morgan fingerprint density at radius 2 is 1.92 bits per heavy atom. The van der Waals surface area contributed by atoms with Crippen molar-refractivity contribution in [2.24, 2.45) is 10.4 Å². The molecule has 6 nitrogen and oxygen atoms in total. The molecule has 0 aromatic carbocycles. The minimum absolute atomic E-state index is 0.0101. The zero-order chi connectivity index (χ0) is 18.4. The number of hydrogen-bond acceptors (Lipinski definition) is 4. The molecule has 3 N–H and O–H groups in total. The van der Waals surface area contributed by atoms with Crippen LogP contribution in [0.15, 0.2) is 4.99 Å². The van der Waals surface area contributed by atoms with Gasteiger partial charge in [-0.25, -0.2) is 0 Å². The van der Waals surface area contributed by atoms with Crippen LogP contribution in [0.2, 0.25) is 0 Å². The molecule has 0 saturated carbocycles. The number of aliphatic hydroxyl groups excluding tert-OH is 1. The molecule has 0 amide bonds. The molecule has 0 spiro atoms. The third kappa shape index (κ3) is 8.88. The number of rotatable bonds is 13.